The highest BCUT2D eigenvalue weighted by molar-refractivity contribution is 6.07. The topological polar surface area (TPSA) is 63.6 Å². The largest absolute Gasteiger partial charge is 0.482 e. The number of carbonyl (C=O) groups excluding carboxylic acids is 1. The zero-order valence-corrected chi connectivity index (χ0v) is 13.4. The van der Waals surface area contributed by atoms with Gasteiger partial charge in [-0.1, -0.05) is 48.5 Å². The lowest BCUT2D eigenvalue weighted by molar-refractivity contribution is -0.139. The van der Waals surface area contributed by atoms with E-state index in [1.165, 1.54) is 6.08 Å². The molecule has 0 radical (unpaired) electrons. The number of aliphatic carboxylic acids is 1. The molecule has 0 aromatic heterocycles. The first-order chi connectivity index (χ1) is 12.1. The molecule has 0 spiro atoms. The Hall–Kier alpha value is -3.40. The average Bonchev–Trinajstić information content (AvgIpc) is 2.64. The van der Waals surface area contributed by atoms with Gasteiger partial charge in [-0.2, -0.15) is 0 Å². The van der Waals surface area contributed by atoms with Gasteiger partial charge in [-0.15, -0.1) is 0 Å². The smallest absolute Gasteiger partial charge is 0.341 e. The highest BCUT2D eigenvalue weighted by Crippen LogP contribution is 2.20. The fourth-order valence-corrected chi connectivity index (χ4v) is 2.52. The lowest BCUT2D eigenvalue weighted by atomic mass is 10.0. The maximum absolute atomic E-state index is 12.3. The molecule has 0 atom stereocenters. The van der Waals surface area contributed by atoms with Crippen molar-refractivity contribution in [3.63, 3.8) is 0 Å². The van der Waals surface area contributed by atoms with Crippen LogP contribution >= 0.6 is 0 Å². The van der Waals surface area contributed by atoms with Crippen LogP contribution in [0.2, 0.25) is 0 Å². The number of fused-ring (bicyclic) bond motifs is 1. The van der Waals surface area contributed by atoms with Crippen molar-refractivity contribution in [3.05, 3.63) is 83.9 Å². The maximum atomic E-state index is 12.3. The van der Waals surface area contributed by atoms with Gasteiger partial charge < -0.3 is 9.84 Å². The first-order valence-electron chi connectivity index (χ1n) is 7.78. The van der Waals surface area contributed by atoms with Gasteiger partial charge in [-0.3, -0.25) is 4.79 Å². The van der Waals surface area contributed by atoms with Crippen molar-refractivity contribution in [3.8, 4) is 5.75 Å². The molecule has 3 aromatic rings. The van der Waals surface area contributed by atoms with Crippen molar-refractivity contribution in [1.29, 1.82) is 0 Å². The number of carbonyl (C=O) groups is 2. The molecule has 0 saturated carbocycles. The predicted octanol–water partition coefficient (Wildman–Crippen LogP) is 4.20. The third-order valence-corrected chi connectivity index (χ3v) is 3.74. The zero-order chi connectivity index (χ0) is 17.6. The number of hydrogen-bond acceptors (Lipinski definition) is 3. The van der Waals surface area contributed by atoms with E-state index in [4.69, 9.17) is 9.84 Å². The summed E-state index contributed by atoms with van der Waals surface area (Å²) in [5, 5.41) is 10.8. The predicted molar refractivity (Wildman–Crippen MR) is 96.9 cm³/mol. The number of hydrogen-bond donors (Lipinski definition) is 1. The van der Waals surface area contributed by atoms with Crippen molar-refractivity contribution < 1.29 is 19.4 Å². The first kappa shape index (κ1) is 16.5. The van der Waals surface area contributed by atoms with E-state index in [9.17, 15) is 9.59 Å². The van der Waals surface area contributed by atoms with Crippen LogP contribution in [0.5, 0.6) is 5.75 Å². The minimum absolute atomic E-state index is 0.127. The molecule has 4 heteroatoms. The van der Waals surface area contributed by atoms with Crippen LogP contribution in [0.1, 0.15) is 15.9 Å². The first-order valence-corrected chi connectivity index (χ1v) is 7.78. The van der Waals surface area contributed by atoms with Crippen LogP contribution in [0.4, 0.5) is 0 Å². The highest BCUT2D eigenvalue weighted by atomic mass is 16.5. The van der Waals surface area contributed by atoms with E-state index >= 15 is 0 Å². The normalized spacial score (nSPS) is 10.9. The average molecular weight is 332 g/mol. The number of allylic oxidation sites excluding steroid dienone is 1. The zero-order valence-electron chi connectivity index (χ0n) is 13.4. The quantitative estimate of drug-likeness (QED) is 0.543. The summed E-state index contributed by atoms with van der Waals surface area (Å²) in [6, 6.07) is 20.4. The Kier molecular flexibility index (Phi) is 4.90. The second-order valence-electron chi connectivity index (χ2n) is 5.47. The number of carboxylic acids is 1. The summed E-state index contributed by atoms with van der Waals surface area (Å²) < 4.78 is 5.05. The molecular formula is C21H16O4. The van der Waals surface area contributed by atoms with Crippen LogP contribution in [-0.4, -0.2) is 23.5 Å². The number of ketones is 1. The molecule has 0 fully saturated rings. The minimum atomic E-state index is -1.04. The summed E-state index contributed by atoms with van der Waals surface area (Å²) in [7, 11) is 0. The molecule has 0 heterocycles. The number of carboxylic acid groups (broad SMARTS) is 1. The van der Waals surface area contributed by atoms with Gasteiger partial charge in [0.25, 0.3) is 0 Å². The molecule has 3 aromatic carbocycles. The SMILES string of the molecule is O=C(O)COc1ccc(C(=O)C=Cc2cccc3ccccc23)cc1. The third kappa shape index (κ3) is 4.12. The van der Waals surface area contributed by atoms with Gasteiger partial charge in [0, 0.05) is 5.56 Å². The Morgan fingerprint density at radius 3 is 2.40 bits per heavy atom. The van der Waals surface area contributed by atoms with E-state index in [0.29, 0.717) is 11.3 Å². The van der Waals surface area contributed by atoms with Crippen molar-refractivity contribution in [1.82, 2.24) is 0 Å². The van der Waals surface area contributed by atoms with Crippen LogP contribution in [0.25, 0.3) is 16.8 Å². The van der Waals surface area contributed by atoms with Gasteiger partial charge in [0.15, 0.2) is 12.4 Å². The molecule has 4 nitrogen and oxygen atoms in total. The third-order valence-electron chi connectivity index (χ3n) is 3.74. The van der Waals surface area contributed by atoms with Crippen LogP contribution in [0.15, 0.2) is 72.8 Å². The Bertz CT molecular complexity index is 934. The van der Waals surface area contributed by atoms with Crippen LogP contribution in [0.3, 0.4) is 0 Å². The van der Waals surface area contributed by atoms with E-state index in [-0.39, 0.29) is 5.78 Å². The van der Waals surface area contributed by atoms with Crippen molar-refractivity contribution in [2.75, 3.05) is 6.61 Å². The van der Waals surface area contributed by atoms with Gasteiger partial charge in [-0.25, -0.2) is 4.79 Å². The molecule has 0 bridgehead atoms. The number of rotatable bonds is 6. The van der Waals surface area contributed by atoms with E-state index in [1.807, 2.05) is 42.5 Å². The summed E-state index contributed by atoms with van der Waals surface area (Å²) in [6.45, 7) is -0.408. The summed E-state index contributed by atoms with van der Waals surface area (Å²) in [6.07, 6.45) is 3.34. The van der Waals surface area contributed by atoms with Crippen LogP contribution in [-0.2, 0) is 4.79 Å². The molecule has 25 heavy (non-hydrogen) atoms. The molecule has 0 saturated heterocycles. The molecular weight excluding hydrogens is 316 g/mol. The summed E-state index contributed by atoms with van der Waals surface area (Å²) in [5.41, 5.74) is 1.49. The molecule has 3 rings (SSSR count). The van der Waals surface area contributed by atoms with Crippen molar-refractivity contribution in [2.45, 2.75) is 0 Å². The molecule has 0 aliphatic carbocycles. The maximum Gasteiger partial charge on any atom is 0.341 e. The fraction of sp³-hybridized carbons (Fsp3) is 0.0476. The Morgan fingerprint density at radius 1 is 0.920 bits per heavy atom. The summed E-state index contributed by atoms with van der Waals surface area (Å²) in [5.74, 6) is -0.757. The monoisotopic (exact) mass is 332 g/mol. The van der Waals surface area contributed by atoms with E-state index in [1.54, 1.807) is 30.3 Å². The van der Waals surface area contributed by atoms with Gasteiger partial charge >= 0.3 is 5.97 Å². The number of ether oxygens (including phenoxy) is 1. The van der Waals surface area contributed by atoms with Crippen molar-refractivity contribution in [2.24, 2.45) is 0 Å². The van der Waals surface area contributed by atoms with Gasteiger partial charge in [0.05, 0.1) is 0 Å². The Labute approximate surface area is 145 Å². The van der Waals surface area contributed by atoms with Crippen LogP contribution < -0.4 is 4.74 Å². The summed E-state index contributed by atoms with van der Waals surface area (Å²) >= 11 is 0. The lowest BCUT2D eigenvalue weighted by Crippen LogP contribution is -2.09. The van der Waals surface area contributed by atoms with E-state index in [0.717, 1.165) is 16.3 Å². The van der Waals surface area contributed by atoms with Gasteiger partial charge in [0.1, 0.15) is 5.75 Å². The second-order valence-corrected chi connectivity index (χ2v) is 5.47. The number of benzene rings is 3. The standard InChI is InChI=1S/C21H16O4/c22-20(17-8-11-18(12-9-17)25-14-21(23)24)13-10-16-6-3-5-15-4-1-2-7-19(15)16/h1-13H,14H2,(H,23,24). The molecule has 124 valence electrons. The van der Waals surface area contributed by atoms with E-state index < -0.39 is 12.6 Å². The molecule has 0 amide bonds. The van der Waals surface area contributed by atoms with Crippen molar-refractivity contribution >= 4 is 28.6 Å². The van der Waals surface area contributed by atoms with E-state index in [2.05, 4.69) is 0 Å². The molecule has 0 aliphatic rings. The lowest BCUT2D eigenvalue weighted by Gasteiger charge is -2.04. The Morgan fingerprint density at radius 2 is 1.64 bits per heavy atom. The molecule has 0 unspecified atom stereocenters. The fourth-order valence-electron chi connectivity index (χ4n) is 2.52. The van der Waals surface area contributed by atoms with Gasteiger partial charge in [-0.05, 0) is 46.7 Å². The second kappa shape index (κ2) is 7.45. The highest BCUT2D eigenvalue weighted by Gasteiger charge is 2.04. The minimum Gasteiger partial charge on any atom is -0.482 e. The van der Waals surface area contributed by atoms with Gasteiger partial charge in [0.2, 0.25) is 0 Å². The molecule has 0 aliphatic heterocycles. The molecule has 1 N–H and O–H groups in total. The Balaban J connectivity index is 1.75. The summed E-state index contributed by atoms with van der Waals surface area (Å²) in [4.78, 5) is 22.8. The van der Waals surface area contributed by atoms with Crippen LogP contribution in [0, 0.1) is 0 Å².